The number of alkyl halides is 3. The van der Waals surface area contributed by atoms with Gasteiger partial charge in [0.05, 0.1) is 10.5 Å². The molecular formula is C27H30F3N3O4. The lowest BCUT2D eigenvalue weighted by molar-refractivity contribution is -0.384. The number of benzene rings is 3. The van der Waals surface area contributed by atoms with E-state index in [0.29, 0.717) is 24.9 Å². The molecule has 0 saturated heterocycles. The van der Waals surface area contributed by atoms with E-state index in [2.05, 4.69) is 41.8 Å². The number of halogens is 3. The number of nitro groups is 1. The summed E-state index contributed by atoms with van der Waals surface area (Å²) in [4.78, 5) is 31.4. The van der Waals surface area contributed by atoms with Crippen molar-refractivity contribution in [1.82, 2.24) is 10.6 Å². The Labute approximate surface area is 213 Å². The van der Waals surface area contributed by atoms with Crippen LogP contribution in [0.5, 0.6) is 0 Å². The molecule has 0 unspecified atom stereocenters. The van der Waals surface area contributed by atoms with E-state index >= 15 is 0 Å². The molecule has 198 valence electrons. The van der Waals surface area contributed by atoms with Crippen LogP contribution in [0.4, 0.5) is 18.9 Å². The summed E-state index contributed by atoms with van der Waals surface area (Å²) in [6, 6.07) is 21.3. The van der Waals surface area contributed by atoms with Crippen molar-refractivity contribution in [2.24, 2.45) is 0 Å². The summed E-state index contributed by atoms with van der Waals surface area (Å²) in [5.41, 5.74) is 1.63. The maximum Gasteiger partial charge on any atom is 0.416 e. The van der Waals surface area contributed by atoms with Crippen molar-refractivity contribution in [2.45, 2.75) is 32.9 Å². The lowest BCUT2D eigenvalue weighted by atomic mass is 10.1. The van der Waals surface area contributed by atoms with Crippen LogP contribution in [0.3, 0.4) is 0 Å². The average Bonchev–Trinajstić information content (AvgIpc) is 2.91. The molecule has 0 heterocycles. The Morgan fingerprint density at radius 2 is 1.51 bits per heavy atom. The molecule has 0 aliphatic heterocycles. The summed E-state index contributed by atoms with van der Waals surface area (Å²) in [7, 11) is 0. The van der Waals surface area contributed by atoms with Gasteiger partial charge in [-0.15, -0.1) is 0 Å². The molecule has 0 bridgehead atoms. The summed E-state index contributed by atoms with van der Waals surface area (Å²) in [6.07, 6.45) is -1.92. The van der Waals surface area contributed by atoms with Gasteiger partial charge in [-0.3, -0.25) is 19.7 Å². The smallest absolute Gasteiger partial charge is 0.357 e. The molecule has 0 aliphatic carbocycles. The van der Waals surface area contributed by atoms with E-state index in [1.807, 2.05) is 13.0 Å². The molecule has 2 N–H and O–H groups in total. The van der Waals surface area contributed by atoms with E-state index in [-0.39, 0.29) is 17.8 Å². The average molecular weight is 518 g/mol. The number of nitrogens with one attached hydrogen (secondary N) is 2. The van der Waals surface area contributed by atoms with Gasteiger partial charge < -0.3 is 10.6 Å². The fourth-order valence-corrected chi connectivity index (χ4v) is 2.85. The van der Waals surface area contributed by atoms with Crippen LogP contribution in [0, 0.1) is 10.1 Å². The first-order valence-electron chi connectivity index (χ1n) is 11.5. The molecule has 0 atom stereocenters. The third kappa shape index (κ3) is 12.4. The number of rotatable bonds is 8. The fraction of sp³-hybridized carbons (Fsp3) is 0.259. The predicted octanol–water partition coefficient (Wildman–Crippen LogP) is 5.59. The Kier molecular flexibility index (Phi) is 13.7. The maximum absolute atomic E-state index is 12.1. The van der Waals surface area contributed by atoms with Crippen molar-refractivity contribution >= 4 is 18.0 Å². The van der Waals surface area contributed by atoms with Crippen molar-refractivity contribution < 1.29 is 27.7 Å². The number of nitro benzene ring substituents is 1. The number of amides is 2. The number of carbonyl (C=O) groups is 2. The molecule has 3 aromatic rings. The number of carbonyl (C=O) groups excluding carboxylic acids is 2. The zero-order valence-corrected chi connectivity index (χ0v) is 20.6. The minimum atomic E-state index is -4.22. The first kappa shape index (κ1) is 30.8. The summed E-state index contributed by atoms with van der Waals surface area (Å²) in [6.45, 7) is 4.56. The van der Waals surface area contributed by atoms with Gasteiger partial charge in [0.2, 0.25) is 6.41 Å². The van der Waals surface area contributed by atoms with Gasteiger partial charge in [0.15, 0.2) is 0 Å². The fourth-order valence-electron chi connectivity index (χ4n) is 2.85. The van der Waals surface area contributed by atoms with Gasteiger partial charge in [-0.1, -0.05) is 68.4 Å². The largest absolute Gasteiger partial charge is 0.416 e. The van der Waals surface area contributed by atoms with Crippen LogP contribution in [-0.2, 0) is 23.8 Å². The number of hydrogen-bond donors (Lipinski definition) is 2. The molecule has 0 saturated carbocycles. The molecule has 0 aromatic heterocycles. The number of aryl methyl sites for hydroxylation is 2. The van der Waals surface area contributed by atoms with Gasteiger partial charge in [0.1, 0.15) is 0 Å². The lowest BCUT2D eigenvalue weighted by Gasteiger charge is -2.06. The zero-order chi connectivity index (χ0) is 27.7. The van der Waals surface area contributed by atoms with E-state index in [1.54, 1.807) is 6.07 Å². The summed E-state index contributed by atoms with van der Waals surface area (Å²) in [5, 5.41) is 15.4. The van der Waals surface area contributed by atoms with Crippen LogP contribution in [0.2, 0.25) is 0 Å². The summed E-state index contributed by atoms with van der Waals surface area (Å²) < 4.78 is 36.3. The van der Waals surface area contributed by atoms with Gasteiger partial charge in [0.25, 0.3) is 11.6 Å². The molecule has 2 amide bonds. The third-order valence-electron chi connectivity index (χ3n) is 4.87. The normalized spacial score (nSPS) is 10.1. The SMILES string of the molecule is CCc1cccc(C(F)(F)F)c1.CCc1ccccc1.O=CNCCNC(=O)c1cccc([N+](=O)[O-])c1. The van der Waals surface area contributed by atoms with E-state index in [9.17, 15) is 32.9 Å². The van der Waals surface area contributed by atoms with Crippen LogP contribution in [0.25, 0.3) is 0 Å². The van der Waals surface area contributed by atoms with Crippen LogP contribution in [0.1, 0.15) is 40.9 Å². The quantitative estimate of drug-likeness (QED) is 0.176. The lowest BCUT2D eigenvalue weighted by Crippen LogP contribution is -2.31. The molecule has 10 heteroatoms. The van der Waals surface area contributed by atoms with Crippen molar-refractivity contribution in [3.8, 4) is 0 Å². The molecule has 7 nitrogen and oxygen atoms in total. The first-order valence-corrected chi connectivity index (χ1v) is 11.5. The second kappa shape index (κ2) is 16.5. The topological polar surface area (TPSA) is 101 Å². The maximum atomic E-state index is 12.1. The van der Waals surface area contributed by atoms with Gasteiger partial charge in [-0.2, -0.15) is 13.2 Å². The van der Waals surface area contributed by atoms with Crippen LogP contribution >= 0.6 is 0 Å². The van der Waals surface area contributed by atoms with Gasteiger partial charge in [0, 0.05) is 30.8 Å². The number of hydrogen-bond acceptors (Lipinski definition) is 4. The highest BCUT2D eigenvalue weighted by atomic mass is 19.4. The standard InChI is InChI=1S/C10H11N3O4.C9H9F3.C8H10/c14-7-11-4-5-12-10(15)8-2-1-3-9(6-8)13(16)17;1-2-7-4-3-5-8(6-7)9(10,11)12;1-2-8-6-4-3-5-7-8/h1-3,6-7H,4-5H2,(H,11,14)(H,12,15);3-6H,2H2,1H3;3-7H,2H2,1H3. The van der Waals surface area contributed by atoms with Gasteiger partial charge >= 0.3 is 6.18 Å². The summed E-state index contributed by atoms with van der Waals surface area (Å²) >= 11 is 0. The minimum Gasteiger partial charge on any atom is -0.357 e. The third-order valence-corrected chi connectivity index (χ3v) is 4.87. The van der Waals surface area contributed by atoms with Crippen molar-refractivity contribution in [1.29, 1.82) is 0 Å². The van der Waals surface area contributed by atoms with E-state index < -0.39 is 22.6 Å². The predicted molar refractivity (Wildman–Crippen MR) is 136 cm³/mol. The highest BCUT2D eigenvalue weighted by Gasteiger charge is 2.30. The molecule has 0 fully saturated rings. The zero-order valence-electron chi connectivity index (χ0n) is 20.6. The highest BCUT2D eigenvalue weighted by Crippen LogP contribution is 2.29. The van der Waals surface area contributed by atoms with Crippen molar-refractivity contribution in [3.63, 3.8) is 0 Å². The molecule has 0 aliphatic rings. The van der Waals surface area contributed by atoms with E-state index in [1.165, 1.54) is 42.0 Å². The Bertz CT molecular complexity index is 1120. The van der Waals surface area contributed by atoms with Crippen molar-refractivity contribution in [2.75, 3.05) is 13.1 Å². The Hall–Kier alpha value is -4.21. The Morgan fingerprint density at radius 3 is 2.05 bits per heavy atom. The molecule has 3 rings (SSSR count). The van der Waals surface area contributed by atoms with Gasteiger partial charge in [-0.05, 0) is 36.1 Å². The number of non-ortho nitro benzene ring substituents is 1. The van der Waals surface area contributed by atoms with Crippen LogP contribution < -0.4 is 10.6 Å². The molecule has 37 heavy (non-hydrogen) atoms. The molecule has 0 radical (unpaired) electrons. The van der Waals surface area contributed by atoms with E-state index in [0.717, 1.165) is 12.5 Å². The summed E-state index contributed by atoms with van der Waals surface area (Å²) in [5.74, 6) is -0.415. The Morgan fingerprint density at radius 1 is 0.892 bits per heavy atom. The van der Waals surface area contributed by atoms with Crippen LogP contribution in [0.15, 0.2) is 78.9 Å². The first-order chi connectivity index (χ1) is 17.6. The van der Waals surface area contributed by atoms with Crippen molar-refractivity contribution in [3.05, 3.63) is 111 Å². The van der Waals surface area contributed by atoms with Crippen LogP contribution in [-0.4, -0.2) is 30.3 Å². The molecule has 0 spiro atoms. The monoisotopic (exact) mass is 517 g/mol. The Balaban J connectivity index is 0.000000297. The molecule has 3 aromatic carbocycles. The van der Waals surface area contributed by atoms with E-state index in [4.69, 9.17) is 0 Å². The number of nitrogens with zero attached hydrogens (tertiary/aromatic N) is 1. The minimum absolute atomic E-state index is 0.135. The molecular weight excluding hydrogens is 487 g/mol. The van der Waals surface area contributed by atoms with Gasteiger partial charge in [-0.25, -0.2) is 0 Å². The second-order valence-corrected chi connectivity index (χ2v) is 7.53. The second-order valence-electron chi connectivity index (χ2n) is 7.53. The highest BCUT2D eigenvalue weighted by molar-refractivity contribution is 5.94.